The van der Waals surface area contributed by atoms with E-state index in [4.69, 9.17) is 11.6 Å². The van der Waals surface area contributed by atoms with Gasteiger partial charge in [0.2, 0.25) is 5.91 Å². The number of aryl methyl sites for hydroxylation is 2. The van der Waals surface area contributed by atoms with E-state index in [0.29, 0.717) is 36.5 Å². The van der Waals surface area contributed by atoms with Crippen molar-refractivity contribution >= 4 is 44.6 Å². The topological polar surface area (TPSA) is 68.4 Å². The number of benzene rings is 1. The average Bonchev–Trinajstić information content (AvgIpc) is 3.28. The van der Waals surface area contributed by atoms with Crippen LogP contribution < -0.4 is 10.9 Å². The van der Waals surface area contributed by atoms with Crippen molar-refractivity contribution in [1.82, 2.24) is 19.5 Å². The van der Waals surface area contributed by atoms with Crippen LogP contribution >= 0.6 is 22.9 Å². The molecule has 6 nitrogen and oxygen atoms in total. The first kappa shape index (κ1) is 19.7. The molecule has 4 rings (SSSR count). The van der Waals surface area contributed by atoms with Crippen LogP contribution in [0.5, 0.6) is 0 Å². The standard InChI is InChI=1S/C21H21ClN4O2S/c1-14-24-25(21(28)18-13-19-17(26(14)18)9-12-29-19)11-2-3-20(27)23-10-8-15-4-6-16(22)7-5-15/h4-7,9,12-13H,2-3,8,10-11H2,1H3,(H,23,27). The Morgan fingerprint density at radius 1 is 1.21 bits per heavy atom. The Morgan fingerprint density at radius 3 is 2.79 bits per heavy atom. The first-order valence-electron chi connectivity index (χ1n) is 9.50. The highest BCUT2D eigenvalue weighted by atomic mass is 35.5. The zero-order valence-corrected chi connectivity index (χ0v) is 17.6. The van der Waals surface area contributed by atoms with Crippen LogP contribution in [0, 0.1) is 6.92 Å². The second kappa shape index (κ2) is 8.39. The quantitative estimate of drug-likeness (QED) is 0.486. The lowest BCUT2D eigenvalue weighted by Gasteiger charge is -2.09. The lowest BCUT2D eigenvalue weighted by atomic mass is 10.1. The van der Waals surface area contributed by atoms with E-state index in [0.717, 1.165) is 28.0 Å². The third-order valence-electron chi connectivity index (χ3n) is 4.89. The monoisotopic (exact) mass is 428 g/mol. The number of carbonyl (C=O) groups excluding carboxylic acids is 1. The van der Waals surface area contributed by atoms with Crippen LogP contribution in [0.1, 0.15) is 24.2 Å². The number of carbonyl (C=O) groups is 1. The van der Waals surface area contributed by atoms with Gasteiger partial charge in [-0.3, -0.25) is 14.0 Å². The first-order chi connectivity index (χ1) is 14.0. The highest BCUT2D eigenvalue weighted by molar-refractivity contribution is 7.17. The number of aromatic nitrogens is 3. The normalized spacial score (nSPS) is 11.4. The van der Waals surface area contributed by atoms with Gasteiger partial charge in [0.25, 0.3) is 5.56 Å². The first-order valence-corrected chi connectivity index (χ1v) is 10.8. The molecule has 0 atom stereocenters. The van der Waals surface area contributed by atoms with Crippen LogP contribution in [-0.2, 0) is 17.8 Å². The molecule has 0 unspecified atom stereocenters. The molecule has 150 valence electrons. The maximum absolute atomic E-state index is 12.8. The minimum Gasteiger partial charge on any atom is -0.356 e. The summed E-state index contributed by atoms with van der Waals surface area (Å²) in [6, 6.07) is 11.5. The van der Waals surface area contributed by atoms with Crippen LogP contribution in [0.15, 0.2) is 46.6 Å². The summed E-state index contributed by atoms with van der Waals surface area (Å²) in [5.41, 5.74) is 2.65. The summed E-state index contributed by atoms with van der Waals surface area (Å²) in [7, 11) is 0. The van der Waals surface area contributed by atoms with E-state index in [1.165, 1.54) is 4.68 Å². The zero-order chi connectivity index (χ0) is 20.4. The molecule has 0 radical (unpaired) electrons. The van der Waals surface area contributed by atoms with Gasteiger partial charge in [0, 0.05) is 24.5 Å². The molecule has 0 aliphatic carbocycles. The molecule has 1 aromatic carbocycles. The second-order valence-electron chi connectivity index (χ2n) is 6.94. The minimum absolute atomic E-state index is 0.0204. The van der Waals surface area contributed by atoms with Gasteiger partial charge in [0.05, 0.1) is 10.2 Å². The average molecular weight is 429 g/mol. The predicted octanol–water partition coefficient (Wildman–Crippen LogP) is 3.81. The van der Waals surface area contributed by atoms with E-state index in [-0.39, 0.29) is 11.5 Å². The lowest BCUT2D eigenvalue weighted by molar-refractivity contribution is -0.121. The third-order valence-corrected chi connectivity index (χ3v) is 5.99. The number of nitrogens with one attached hydrogen (secondary N) is 1. The maximum Gasteiger partial charge on any atom is 0.291 e. The summed E-state index contributed by atoms with van der Waals surface area (Å²) in [6.07, 6.45) is 1.67. The van der Waals surface area contributed by atoms with Crippen LogP contribution in [0.3, 0.4) is 0 Å². The molecule has 4 aromatic rings. The molecule has 0 saturated heterocycles. The lowest BCUT2D eigenvalue weighted by Crippen LogP contribution is -2.28. The van der Waals surface area contributed by atoms with Gasteiger partial charge in [-0.25, -0.2) is 4.68 Å². The molecule has 3 aromatic heterocycles. The minimum atomic E-state index is -0.123. The van der Waals surface area contributed by atoms with Gasteiger partial charge in [0.1, 0.15) is 11.3 Å². The van der Waals surface area contributed by atoms with Crippen LogP contribution in [-0.4, -0.2) is 26.6 Å². The zero-order valence-electron chi connectivity index (χ0n) is 16.0. The summed E-state index contributed by atoms with van der Waals surface area (Å²) in [6.45, 7) is 2.88. The van der Waals surface area contributed by atoms with Gasteiger partial charge in [0.15, 0.2) is 0 Å². The summed E-state index contributed by atoms with van der Waals surface area (Å²) in [4.78, 5) is 24.8. The van der Waals surface area contributed by atoms with Crippen LogP contribution in [0.4, 0.5) is 0 Å². The SMILES string of the molecule is Cc1nn(CCCC(=O)NCCc2ccc(Cl)cc2)c(=O)c2cc3sccc3n12. The van der Waals surface area contributed by atoms with E-state index in [9.17, 15) is 9.59 Å². The number of halogens is 1. The molecular formula is C21H21ClN4O2S. The van der Waals surface area contributed by atoms with E-state index in [2.05, 4.69) is 10.4 Å². The molecule has 29 heavy (non-hydrogen) atoms. The molecule has 0 saturated carbocycles. The molecule has 1 amide bonds. The Balaban J connectivity index is 1.32. The van der Waals surface area contributed by atoms with E-state index < -0.39 is 0 Å². The van der Waals surface area contributed by atoms with E-state index in [1.807, 2.05) is 53.1 Å². The van der Waals surface area contributed by atoms with Crippen LogP contribution in [0.2, 0.25) is 5.02 Å². The number of hydrogen-bond acceptors (Lipinski definition) is 4. The highest BCUT2D eigenvalue weighted by Gasteiger charge is 2.13. The van der Waals surface area contributed by atoms with Crippen molar-refractivity contribution in [2.45, 2.75) is 32.7 Å². The van der Waals surface area contributed by atoms with Crippen molar-refractivity contribution < 1.29 is 4.79 Å². The molecule has 0 aliphatic rings. The number of hydrogen-bond donors (Lipinski definition) is 1. The number of fused-ring (bicyclic) bond motifs is 3. The number of thiophene rings is 1. The summed E-state index contributed by atoms with van der Waals surface area (Å²) >= 11 is 7.48. The fourth-order valence-corrected chi connectivity index (χ4v) is 4.38. The number of nitrogens with zero attached hydrogens (tertiary/aromatic N) is 3. The van der Waals surface area contributed by atoms with Crippen molar-refractivity contribution in [1.29, 1.82) is 0 Å². The third kappa shape index (κ3) is 4.21. The molecule has 1 N–H and O–H groups in total. The molecule has 0 bridgehead atoms. The Labute approximate surface area is 176 Å². The number of amides is 1. The fourth-order valence-electron chi connectivity index (χ4n) is 3.46. The van der Waals surface area contributed by atoms with Gasteiger partial charge in [-0.05, 0) is 55.0 Å². The van der Waals surface area contributed by atoms with Crippen molar-refractivity contribution in [2.24, 2.45) is 0 Å². The largest absolute Gasteiger partial charge is 0.356 e. The molecular weight excluding hydrogens is 408 g/mol. The Kier molecular flexibility index (Phi) is 5.69. The van der Waals surface area contributed by atoms with Crippen molar-refractivity contribution in [3.8, 4) is 0 Å². The van der Waals surface area contributed by atoms with Crippen LogP contribution in [0.25, 0.3) is 15.7 Å². The van der Waals surface area contributed by atoms with Crippen molar-refractivity contribution in [3.63, 3.8) is 0 Å². The highest BCUT2D eigenvalue weighted by Crippen LogP contribution is 2.24. The van der Waals surface area contributed by atoms with Crippen molar-refractivity contribution in [2.75, 3.05) is 6.54 Å². The molecule has 0 fully saturated rings. The van der Waals surface area contributed by atoms with Gasteiger partial charge >= 0.3 is 0 Å². The summed E-state index contributed by atoms with van der Waals surface area (Å²) in [5.74, 6) is 0.744. The Morgan fingerprint density at radius 2 is 2.00 bits per heavy atom. The summed E-state index contributed by atoms with van der Waals surface area (Å²) < 4.78 is 4.44. The van der Waals surface area contributed by atoms with Gasteiger partial charge < -0.3 is 5.32 Å². The van der Waals surface area contributed by atoms with Gasteiger partial charge in [-0.1, -0.05) is 23.7 Å². The molecule has 3 heterocycles. The predicted molar refractivity (Wildman–Crippen MR) is 117 cm³/mol. The Hall–Kier alpha value is -2.64. The second-order valence-corrected chi connectivity index (χ2v) is 8.32. The number of rotatable bonds is 7. The smallest absolute Gasteiger partial charge is 0.291 e. The maximum atomic E-state index is 12.8. The fraction of sp³-hybridized carbons (Fsp3) is 0.286. The van der Waals surface area contributed by atoms with E-state index in [1.54, 1.807) is 11.3 Å². The Bertz CT molecular complexity index is 1220. The van der Waals surface area contributed by atoms with Gasteiger partial charge in [-0.15, -0.1) is 11.3 Å². The van der Waals surface area contributed by atoms with Crippen molar-refractivity contribution in [3.05, 3.63) is 68.5 Å². The molecule has 0 spiro atoms. The van der Waals surface area contributed by atoms with E-state index >= 15 is 0 Å². The summed E-state index contributed by atoms with van der Waals surface area (Å²) in [5, 5.41) is 10.1. The van der Waals surface area contributed by atoms with Gasteiger partial charge in [-0.2, -0.15) is 5.10 Å². The molecule has 0 aliphatic heterocycles. The molecule has 8 heteroatoms.